The van der Waals surface area contributed by atoms with Crippen molar-refractivity contribution in [3.05, 3.63) is 120 Å². The molecule has 25 N–H and O–H groups in total. The number of nitrogens with two attached hydrogens (primary N) is 1. The summed E-state index contributed by atoms with van der Waals surface area (Å²) in [6.45, 7) is 20.5. The first kappa shape index (κ1) is 118. The highest BCUT2D eigenvalue weighted by Gasteiger charge is 2.42. The quantitative estimate of drug-likeness (QED) is 0.0233. The van der Waals surface area contributed by atoms with E-state index in [0.29, 0.717) is 28.9 Å². The van der Waals surface area contributed by atoms with Crippen molar-refractivity contribution in [2.45, 2.75) is 289 Å². The minimum atomic E-state index is -1.92. The number of hydrogen-bond acceptors (Lipinski definition) is 24. The summed E-state index contributed by atoms with van der Waals surface area (Å²) < 4.78 is 0. The normalized spacial score (nSPS) is 15.1. The first-order valence-electron chi connectivity index (χ1n) is 47.3. The molecule has 45 nitrogen and oxygen atoms in total. The van der Waals surface area contributed by atoms with Crippen molar-refractivity contribution < 1.29 is 121 Å². The van der Waals surface area contributed by atoms with Crippen LogP contribution in [-0.2, 0) is 122 Å². The number of carboxylic acid groups (broad SMARTS) is 4. The number of phenolic OH excluding ortho intramolecular Hbond substituents is 1. The third-order valence-corrected chi connectivity index (χ3v) is 24.1. The first-order valence-corrected chi connectivity index (χ1v) is 48.7. The van der Waals surface area contributed by atoms with Crippen LogP contribution in [0.4, 0.5) is 0 Å². The van der Waals surface area contributed by atoms with Crippen molar-refractivity contribution in [2.75, 3.05) is 18.6 Å². The monoisotopic (exact) mass is 2010 g/mol. The minimum Gasteiger partial charge on any atom is -0.508 e. The highest BCUT2D eigenvalue weighted by molar-refractivity contribution is 7.98. The van der Waals surface area contributed by atoms with E-state index in [9.17, 15) is 117 Å². The molecule has 0 aliphatic carbocycles. The number of imidazole rings is 1. The molecule has 2 heterocycles. The first-order chi connectivity index (χ1) is 67.1. The molecular weight excluding hydrogens is 1870 g/mol. The fraction of sp³-hybridized carbons (Fsp3) is 0.552. The lowest BCUT2D eigenvalue weighted by Gasteiger charge is -2.31. The molecular formula is C96H140N20O25S. The number of benzene rings is 3. The fourth-order valence-corrected chi connectivity index (χ4v) is 15.6. The van der Waals surface area contributed by atoms with Crippen molar-refractivity contribution in [3.63, 3.8) is 0 Å². The van der Waals surface area contributed by atoms with E-state index in [1.54, 1.807) is 122 Å². The van der Waals surface area contributed by atoms with Crippen LogP contribution in [-0.4, -0.2) is 274 Å². The Balaban J connectivity index is 1.36. The van der Waals surface area contributed by atoms with E-state index in [4.69, 9.17) is 5.73 Å². The van der Waals surface area contributed by atoms with Gasteiger partial charge in [0.15, 0.2) is 0 Å². The summed E-state index contributed by atoms with van der Waals surface area (Å²) in [7, 11) is 0. The van der Waals surface area contributed by atoms with Gasteiger partial charge < -0.3 is 126 Å². The Kier molecular flexibility index (Phi) is 49.6. The Labute approximate surface area is 827 Å². The van der Waals surface area contributed by atoms with Crippen molar-refractivity contribution >= 4 is 141 Å². The zero-order valence-corrected chi connectivity index (χ0v) is 83.2. The molecule has 0 radical (unpaired) electrons. The molecule has 0 spiro atoms. The van der Waals surface area contributed by atoms with Crippen molar-refractivity contribution in [1.29, 1.82) is 0 Å². The molecule has 46 heteroatoms. The van der Waals surface area contributed by atoms with E-state index in [1.807, 2.05) is 0 Å². The number of phenols is 1. The number of carbonyl (C=O) groups is 20. The second kappa shape index (κ2) is 59.5. The molecule has 142 heavy (non-hydrogen) atoms. The Morgan fingerprint density at radius 1 is 0.387 bits per heavy atom. The van der Waals surface area contributed by atoms with E-state index in [-0.39, 0.29) is 94.5 Å². The Hall–Kier alpha value is -14.1. The van der Waals surface area contributed by atoms with Crippen LogP contribution in [0, 0.1) is 29.6 Å². The number of H-pyrrole nitrogens is 2. The number of carboxylic acids is 4. The van der Waals surface area contributed by atoms with Gasteiger partial charge >= 0.3 is 23.9 Å². The molecule has 780 valence electrons. The second-order valence-corrected chi connectivity index (χ2v) is 37.5. The van der Waals surface area contributed by atoms with Gasteiger partial charge in [-0.1, -0.05) is 143 Å². The molecule has 5 aromatic rings. The summed E-state index contributed by atoms with van der Waals surface area (Å²) in [5.41, 5.74) is 8.19. The molecule has 3 aromatic carbocycles. The number of nitrogens with one attached hydrogen (secondary N) is 18. The van der Waals surface area contributed by atoms with Crippen LogP contribution in [0.3, 0.4) is 0 Å². The third-order valence-electron chi connectivity index (χ3n) is 23.5. The molecule has 0 saturated heterocycles. The van der Waals surface area contributed by atoms with Gasteiger partial charge in [0, 0.05) is 68.0 Å². The van der Waals surface area contributed by atoms with Gasteiger partial charge in [-0.25, -0.2) is 9.78 Å². The van der Waals surface area contributed by atoms with Gasteiger partial charge in [-0.05, 0) is 142 Å². The summed E-state index contributed by atoms with van der Waals surface area (Å²) in [6.07, 6.45) is 2.16. The van der Waals surface area contributed by atoms with Crippen LogP contribution in [0.15, 0.2) is 97.6 Å². The zero-order chi connectivity index (χ0) is 106. The Bertz CT molecular complexity index is 5120. The standard InChI is InChI=1S/C96H140N20O25S/c1-15-52(9)79(94(138)113-74(96(140)141)42-59-46-99-63-27-21-20-26-62(59)63)116-95(139)80(53(10)16-2)115-92(136)73(45-77(123)124)111-88(132)68(39-50(5)6)108-90(134)71(43-60-47-98-48-100-60)107-81(125)54(11)102-86(130)69(40-57-24-18-17-19-25-57)109-89(133)70(41-58-29-31-61(118)32-30-58)112-93(137)78(51(7)8)114-82(126)55(12)101-83(127)65(33-34-75(119)120)105-84(128)64(28-22-23-36-97)104-91(135)72(44-76(121)122)110-85(129)66(35-37-142-14)106-87(131)67(38-49(3)4)103-56(13)117/h17-21,24-27,29-32,46-55,64-74,78-80,99,118H,15-16,22-23,28,33-45,97H2,1-14H3,(H,98,100)(H,101,127)(H,102,130)(H,103,117)(H,104,135)(H,105,128)(H,106,131)(H,107,125)(H,108,134)(H,109,133)(H,110,129)(H,111,132)(H,112,137)(H,113,138)(H,114,126)(H,115,136)(H,116,139)(H,119,120)(H,121,122)(H,123,124)(H,140,141). The number of hydrogen-bond donors (Lipinski definition) is 24. The van der Waals surface area contributed by atoms with Crippen LogP contribution in [0.2, 0.25) is 0 Å². The summed E-state index contributed by atoms with van der Waals surface area (Å²) in [6, 6.07) is -4.20. The van der Waals surface area contributed by atoms with Gasteiger partial charge in [0.2, 0.25) is 94.5 Å². The molecule has 5 rings (SSSR count). The van der Waals surface area contributed by atoms with Crippen LogP contribution in [0.1, 0.15) is 189 Å². The summed E-state index contributed by atoms with van der Waals surface area (Å²) in [5, 5.41) is 91.9. The largest absolute Gasteiger partial charge is 0.508 e. The zero-order valence-electron chi connectivity index (χ0n) is 82.4. The number of aromatic hydroxyl groups is 1. The van der Waals surface area contributed by atoms with Gasteiger partial charge in [0.1, 0.15) is 102 Å². The maximum atomic E-state index is 15.1. The van der Waals surface area contributed by atoms with Crippen LogP contribution in [0.5, 0.6) is 5.75 Å². The van der Waals surface area contributed by atoms with E-state index in [0.717, 1.165) is 10.9 Å². The van der Waals surface area contributed by atoms with Gasteiger partial charge in [-0.2, -0.15) is 11.8 Å². The summed E-state index contributed by atoms with van der Waals surface area (Å²) in [4.78, 5) is 288. The van der Waals surface area contributed by atoms with Crippen LogP contribution < -0.4 is 90.8 Å². The van der Waals surface area contributed by atoms with Gasteiger partial charge in [0.05, 0.1) is 19.2 Å². The van der Waals surface area contributed by atoms with E-state index in [2.05, 4.69) is 100 Å². The van der Waals surface area contributed by atoms with Gasteiger partial charge in [-0.3, -0.25) is 91.1 Å². The van der Waals surface area contributed by atoms with E-state index < -0.39 is 264 Å². The number of thioether (sulfide) groups is 1. The number of aliphatic carboxylic acids is 4. The number of amides is 16. The Morgan fingerprint density at radius 2 is 0.782 bits per heavy atom. The number of unbranched alkanes of at least 4 members (excludes halogenated alkanes) is 1. The van der Waals surface area contributed by atoms with Crippen molar-refractivity contribution in [3.8, 4) is 5.75 Å². The predicted molar refractivity (Wildman–Crippen MR) is 522 cm³/mol. The van der Waals surface area contributed by atoms with E-state index in [1.165, 1.54) is 83.2 Å². The SMILES string of the molecule is CCC(C)C(NC(=O)C(CC(=O)O)NC(=O)C(CC(C)C)NC(=O)C(Cc1cnc[nH]1)NC(=O)C(C)NC(=O)C(Cc1ccccc1)NC(=O)C(Cc1ccc(O)cc1)NC(=O)C(NC(=O)C(C)NC(=O)C(CCC(=O)O)NC(=O)C(CCCCN)NC(=O)C(CC(=O)O)NC(=O)C(CCSC)NC(=O)C(CC(C)C)NC(C)=O)C(C)C)C(=O)NC(C(=O)NC(Cc1c[nH]c2ccccc12)C(=O)O)C(C)CC. The topological polar surface area (TPSA) is 706 Å². The molecule has 0 fully saturated rings. The maximum Gasteiger partial charge on any atom is 0.326 e. The second-order valence-electron chi connectivity index (χ2n) is 36.5. The average Bonchev–Trinajstić information content (AvgIpc) is 1.66. The van der Waals surface area contributed by atoms with E-state index >= 15 is 4.79 Å². The number of aromatic nitrogens is 3. The number of rotatable bonds is 63. The predicted octanol–water partition coefficient (Wildman–Crippen LogP) is 0.305. The highest BCUT2D eigenvalue weighted by atomic mass is 32.2. The summed E-state index contributed by atoms with van der Waals surface area (Å²) >= 11 is 1.30. The third kappa shape index (κ3) is 40.3. The van der Waals surface area contributed by atoms with Crippen LogP contribution >= 0.6 is 11.8 Å². The number of carbonyl (C=O) groups excluding carboxylic acids is 16. The minimum absolute atomic E-state index is 0.0148. The number of fused-ring (bicyclic) bond motifs is 1. The molecule has 2 aromatic heterocycles. The molecule has 0 aliphatic heterocycles. The van der Waals surface area contributed by atoms with Gasteiger partial charge in [0.25, 0.3) is 0 Å². The maximum absolute atomic E-state index is 15.1. The molecule has 0 saturated carbocycles. The molecule has 0 bridgehead atoms. The lowest BCUT2D eigenvalue weighted by molar-refractivity contribution is -0.143. The number of nitrogens with zero attached hydrogens (tertiary/aromatic N) is 1. The van der Waals surface area contributed by atoms with Gasteiger partial charge in [-0.15, -0.1) is 0 Å². The molecule has 0 aliphatic rings. The smallest absolute Gasteiger partial charge is 0.326 e. The Morgan fingerprint density at radius 3 is 1.27 bits per heavy atom. The number of para-hydroxylation sites is 1. The highest BCUT2D eigenvalue weighted by Crippen LogP contribution is 2.23. The lowest BCUT2D eigenvalue weighted by Crippen LogP contribution is -2.62. The molecule has 18 unspecified atom stereocenters. The average molecular weight is 2010 g/mol. The van der Waals surface area contributed by atoms with Crippen LogP contribution in [0.25, 0.3) is 10.9 Å². The molecule has 16 amide bonds. The summed E-state index contributed by atoms with van der Waals surface area (Å²) in [5.74, 6) is -24.2. The van der Waals surface area contributed by atoms with Crippen molar-refractivity contribution in [1.82, 2.24) is 100 Å². The lowest BCUT2D eigenvalue weighted by atomic mass is 9.94. The van der Waals surface area contributed by atoms with Crippen molar-refractivity contribution in [2.24, 2.45) is 35.3 Å². The number of aromatic amines is 2. The molecule has 18 atom stereocenters. The fourth-order valence-electron chi connectivity index (χ4n) is 15.1.